The smallest absolute Gasteiger partial charge is 0.343 e. The molecule has 0 amide bonds. The number of carbonyl (C=O) groups is 1. The zero-order valence-electron chi connectivity index (χ0n) is 10.5. The summed E-state index contributed by atoms with van der Waals surface area (Å²) in [6.07, 6.45) is 1.50. The highest BCUT2D eigenvalue weighted by Crippen LogP contribution is 2.28. The number of hydrogen-bond acceptors (Lipinski definition) is 5. The molecule has 0 saturated heterocycles. The van der Waals surface area contributed by atoms with Crippen molar-refractivity contribution in [3.63, 3.8) is 0 Å². The molecule has 0 fully saturated rings. The van der Waals surface area contributed by atoms with Crippen LogP contribution in [0.4, 0.5) is 0 Å². The van der Waals surface area contributed by atoms with E-state index in [1.54, 1.807) is 25.1 Å². The van der Waals surface area contributed by atoms with Crippen molar-refractivity contribution in [3.05, 3.63) is 46.9 Å². The van der Waals surface area contributed by atoms with Gasteiger partial charge in [0.1, 0.15) is 17.0 Å². The minimum atomic E-state index is -0.639. The highest BCUT2D eigenvalue weighted by atomic mass is 16.5. The maximum Gasteiger partial charge on any atom is 0.343 e. The van der Waals surface area contributed by atoms with Crippen molar-refractivity contribution >= 4 is 17.8 Å². The van der Waals surface area contributed by atoms with Crippen molar-refractivity contribution in [1.29, 1.82) is 0 Å². The predicted molar refractivity (Wildman–Crippen MR) is 70.9 cm³/mol. The number of aliphatic imine (C=N–C) groups is 1. The number of aromatic hydroxyl groups is 1. The second kappa shape index (κ2) is 4.97. The Hall–Kier alpha value is -2.56. The summed E-state index contributed by atoms with van der Waals surface area (Å²) < 4.78 is 4.58. The third-order valence-corrected chi connectivity index (χ3v) is 2.75. The second-order valence-corrected chi connectivity index (χ2v) is 4.00. The molecule has 0 radical (unpaired) electrons. The van der Waals surface area contributed by atoms with Crippen LogP contribution in [0.5, 0.6) is 5.75 Å². The van der Waals surface area contributed by atoms with Crippen LogP contribution in [0.25, 0.3) is 6.08 Å². The Morgan fingerprint density at radius 1 is 1.32 bits per heavy atom. The Bertz CT molecular complexity index is 626. The summed E-state index contributed by atoms with van der Waals surface area (Å²) in [5.74, 6) is -0.811. The zero-order valence-corrected chi connectivity index (χ0v) is 10.5. The van der Waals surface area contributed by atoms with Crippen LogP contribution in [0.2, 0.25) is 0 Å². The largest absolute Gasteiger partial charge is 0.507 e. The Morgan fingerprint density at radius 2 is 2.00 bits per heavy atom. The number of hydrogen-bond donors (Lipinski definition) is 2. The molecule has 2 N–H and O–H groups in total. The number of esters is 1. The van der Waals surface area contributed by atoms with Gasteiger partial charge in [0.2, 0.25) is 0 Å². The second-order valence-electron chi connectivity index (χ2n) is 4.00. The standard InChI is InChI=1S/C14H13NO4/c1-8-12(14(18)19-2)13(17)10(15-8)7-9-5-3-4-6-11(9)16/h3-7,16-17H,1-2H3/b10-7-. The summed E-state index contributed by atoms with van der Waals surface area (Å²) in [4.78, 5) is 15.6. The molecule has 5 nitrogen and oxygen atoms in total. The van der Waals surface area contributed by atoms with Crippen LogP contribution >= 0.6 is 0 Å². The van der Waals surface area contributed by atoms with Gasteiger partial charge >= 0.3 is 5.97 Å². The molecule has 1 heterocycles. The molecule has 1 aromatic carbocycles. The van der Waals surface area contributed by atoms with Crippen LogP contribution in [0, 0.1) is 0 Å². The van der Waals surface area contributed by atoms with E-state index in [0.29, 0.717) is 11.3 Å². The van der Waals surface area contributed by atoms with E-state index >= 15 is 0 Å². The van der Waals surface area contributed by atoms with Gasteiger partial charge in [0.15, 0.2) is 5.76 Å². The van der Waals surface area contributed by atoms with Crippen LogP contribution in [0.1, 0.15) is 12.5 Å². The van der Waals surface area contributed by atoms with E-state index in [1.165, 1.54) is 19.3 Å². The summed E-state index contributed by atoms with van der Waals surface area (Å²) in [6, 6.07) is 6.65. The summed E-state index contributed by atoms with van der Waals surface area (Å²) in [5, 5.41) is 19.6. The maximum atomic E-state index is 11.5. The molecule has 0 saturated carbocycles. The molecule has 0 bridgehead atoms. The van der Waals surface area contributed by atoms with E-state index in [1.807, 2.05) is 0 Å². The van der Waals surface area contributed by atoms with Crippen molar-refractivity contribution < 1.29 is 19.7 Å². The van der Waals surface area contributed by atoms with Crippen LogP contribution < -0.4 is 0 Å². The number of ether oxygens (including phenoxy) is 1. The zero-order chi connectivity index (χ0) is 14.0. The molecule has 19 heavy (non-hydrogen) atoms. The number of aliphatic hydroxyl groups excluding tert-OH is 1. The Morgan fingerprint density at radius 3 is 2.63 bits per heavy atom. The first-order valence-corrected chi connectivity index (χ1v) is 5.62. The Kier molecular flexibility index (Phi) is 3.37. The topological polar surface area (TPSA) is 79.1 Å². The van der Waals surface area contributed by atoms with E-state index in [9.17, 15) is 15.0 Å². The number of phenolic OH excluding ortho intramolecular Hbond substituents is 1. The van der Waals surface area contributed by atoms with Crippen molar-refractivity contribution in [2.75, 3.05) is 7.11 Å². The quantitative estimate of drug-likeness (QED) is 0.798. The van der Waals surface area contributed by atoms with E-state index in [4.69, 9.17) is 0 Å². The number of benzene rings is 1. The minimum Gasteiger partial charge on any atom is -0.507 e. The van der Waals surface area contributed by atoms with Gasteiger partial charge in [-0.05, 0) is 19.1 Å². The molecule has 1 aromatic rings. The van der Waals surface area contributed by atoms with Gasteiger partial charge in [0.25, 0.3) is 0 Å². The monoisotopic (exact) mass is 259 g/mol. The average molecular weight is 259 g/mol. The first-order valence-electron chi connectivity index (χ1n) is 5.62. The van der Waals surface area contributed by atoms with Gasteiger partial charge in [-0.2, -0.15) is 0 Å². The lowest BCUT2D eigenvalue weighted by Gasteiger charge is -2.01. The fraction of sp³-hybridized carbons (Fsp3) is 0.143. The fourth-order valence-electron chi connectivity index (χ4n) is 1.79. The average Bonchev–Trinajstić information content (AvgIpc) is 2.66. The predicted octanol–water partition coefficient (Wildman–Crippen LogP) is 2.19. The Balaban J connectivity index is 2.47. The molecule has 1 aliphatic rings. The molecule has 0 aliphatic carbocycles. The van der Waals surface area contributed by atoms with Crippen molar-refractivity contribution in [3.8, 4) is 5.75 Å². The van der Waals surface area contributed by atoms with Crippen molar-refractivity contribution in [2.24, 2.45) is 4.99 Å². The van der Waals surface area contributed by atoms with Crippen molar-refractivity contribution in [1.82, 2.24) is 0 Å². The van der Waals surface area contributed by atoms with Crippen LogP contribution in [0.15, 0.2) is 46.3 Å². The van der Waals surface area contributed by atoms with Gasteiger partial charge in [0, 0.05) is 5.56 Å². The van der Waals surface area contributed by atoms with E-state index in [0.717, 1.165) is 0 Å². The summed E-state index contributed by atoms with van der Waals surface area (Å²) in [5.41, 5.74) is 1.15. The van der Waals surface area contributed by atoms with Gasteiger partial charge in [0.05, 0.1) is 12.8 Å². The van der Waals surface area contributed by atoms with E-state index in [2.05, 4.69) is 9.73 Å². The molecular formula is C14H13NO4. The first-order chi connectivity index (χ1) is 9.04. The minimum absolute atomic E-state index is 0.0455. The van der Waals surface area contributed by atoms with E-state index in [-0.39, 0.29) is 22.8 Å². The highest BCUT2D eigenvalue weighted by Gasteiger charge is 2.27. The third-order valence-electron chi connectivity index (χ3n) is 2.75. The summed E-state index contributed by atoms with van der Waals surface area (Å²) in [6.45, 7) is 1.61. The molecule has 0 aromatic heterocycles. The number of nitrogens with zero attached hydrogens (tertiary/aromatic N) is 1. The molecule has 0 spiro atoms. The van der Waals surface area contributed by atoms with Crippen LogP contribution in [0.3, 0.4) is 0 Å². The number of methoxy groups -OCH3 is 1. The molecule has 98 valence electrons. The normalized spacial score (nSPS) is 16.7. The number of aliphatic hydroxyl groups is 1. The number of phenols is 1. The third kappa shape index (κ3) is 2.35. The molecule has 5 heteroatoms. The van der Waals surface area contributed by atoms with Crippen molar-refractivity contribution in [2.45, 2.75) is 6.92 Å². The molecular weight excluding hydrogens is 246 g/mol. The lowest BCUT2D eigenvalue weighted by Crippen LogP contribution is -2.11. The SMILES string of the molecule is COC(=O)C1=C(O)/C(=C/c2ccccc2O)N=C1C. The lowest BCUT2D eigenvalue weighted by molar-refractivity contribution is -0.135. The van der Waals surface area contributed by atoms with Gasteiger partial charge in [-0.25, -0.2) is 9.79 Å². The Labute approximate surface area is 110 Å². The van der Waals surface area contributed by atoms with Gasteiger partial charge in [-0.3, -0.25) is 0 Å². The summed E-state index contributed by atoms with van der Waals surface area (Å²) in [7, 11) is 1.24. The van der Waals surface area contributed by atoms with Gasteiger partial charge in [-0.1, -0.05) is 18.2 Å². The van der Waals surface area contributed by atoms with E-state index < -0.39 is 5.97 Å². The fourth-order valence-corrected chi connectivity index (χ4v) is 1.79. The molecule has 0 atom stereocenters. The molecule has 0 unspecified atom stereocenters. The number of rotatable bonds is 2. The number of para-hydroxylation sites is 1. The van der Waals surface area contributed by atoms with Crippen LogP contribution in [-0.4, -0.2) is 29.0 Å². The first kappa shape index (κ1) is 12.9. The summed E-state index contributed by atoms with van der Waals surface area (Å²) >= 11 is 0. The van der Waals surface area contributed by atoms with Gasteiger partial charge < -0.3 is 14.9 Å². The van der Waals surface area contributed by atoms with Gasteiger partial charge in [-0.15, -0.1) is 0 Å². The highest BCUT2D eigenvalue weighted by molar-refractivity contribution is 6.22. The molecule has 1 aliphatic heterocycles. The lowest BCUT2D eigenvalue weighted by atomic mass is 10.1. The molecule has 2 rings (SSSR count). The maximum absolute atomic E-state index is 11.5. The number of carbonyl (C=O) groups excluding carboxylic acids is 1. The van der Waals surface area contributed by atoms with Crippen LogP contribution in [-0.2, 0) is 9.53 Å².